The molecule has 270 valence electrons. The minimum Gasteiger partial charge on any atom is -0.496 e. The molecule has 0 fully saturated rings. The van der Waals surface area contributed by atoms with Crippen molar-refractivity contribution in [3.63, 3.8) is 0 Å². The molecule has 3 rings (SSSR count). The van der Waals surface area contributed by atoms with Crippen molar-refractivity contribution in [1.82, 2.24) is 4.90 Å². The van der Waals surface area contributed by atoms with Crippen LogP contribution in [0.5, 0.6) is 17.2 Å². The van der Waals surface area contributed by atoms with Crippen LogP contribution < -0.4 is 14.2 Å². The minimum absolute atomic E-state index is 0.107. The van der Waals surface area contributed by atoms with Crippen LogP contribution in [0.25, 0.3) is 0 Å². The first-order valence-electron chi connectivity index (χ1n) is 17.5. The molecule has 2 aromatic carbocycles. The third-order valence-electron chi connectivity index (χ3n) is 7.46. The summed E-state index contributed by atoms with van der Waals surface area (Å²) >= 11 is 0. The van der Waals surface area contributed by atoms with Crippen LogP contribution in [-0.4, -0.2) is 68.9 Å². The smallest absolute Gasteiger partial charge is 0.320 e. The number of methoxy groups -OCH3 is 1. The van der Waals surface area contributed by atoms with Crippen molar-refractivity contribution in [1.29, 1.82) is 5.41 Å². The second-order valence-electron chi connectivity index (χ2n) is 13.0. The van der Waals surface area contributed by atoms with E-state index in [0.29, 0.717) is 62.7 Å². The van der Waals surface area contributed by atoms with E-state index in [9.17, 15) is 14.0 Å². The number of aryl methyl sites for hydroxylation is 2. The van der Waals surface area contributed by atoms with Crippen molar-refractivity contribution in [2.45, 2.75) is 108 Å². The van der Waals surface area contributed by atoms with Crippen LogP contribution in [-0.2, 0) is 22.4 Å². The number of hydrogen-bond acceptors (Lipinski definition) is 8. The summed E-state index contributed by atoms with van der Waals surface area (Å²) in [4.78, 5) is 25.1. The maximum Gasteiger partial charge on any atom is 0.320 e. The Morgan fingerprint density at radius 3 is 2.02 bits per heavy atom. The highest BCUT2D eigenvalue weighted by molar-refractivity contribution is 6.03. The largest absolute Gasteiger partial charge is 0.496 e. The number of nitrogens with one attached hydrogen (secondary N) is 1. The van der Waals surface area contributed by atoms with Crippen LogP contribution in [0.15, 0.2) is 18.2 Å². The van der Waals surface area contributed by atoms with Gasteiger partial charge in [-0.2, -0.15) is 0 Å². The molecule has 1 aliphatic carbocycles. The molecule has 0 saturated heterocycles. The number of carbonyl (C=O) groups excluding carboxylic acids is 2. The van der Waals surface area contributed by atoms with Gasteiger partial charge in [0.15, 0.2) is 23.1 Å². The average Bonchev–Trinajstić information content (AvgIpc) is 3.39. The normalized spacial score (nSPS) is 12.0. The van der Waals surface area contributed by atoms with E-state index in [1.807, 2.05) is 39.8 Å². The lowest BCUT2D eigenvalue weighted by molar-refractivity contribution is -0.144. The quantitative estimate of drug-likeness (QED) is 0.149. The van der Waals surface area contributed by atoms with Gasteiger partial charge < -0.3 is 24.4 Å². The van der Waals surface area contributed by atoms with Gasteiger partial charge in [-0.1, -0.05) is 41.5 Å². The van der Waals surface area contributed by atoms with Gasteiger partial charge in [0.2, 0.25) is 0 Å². The van der Waals surface area contributed by atoms with E-state index in [1.54, 1.807) is 20.1 Å². The lowest BCUT2D eigenvalue weighted by atomic mass is 9.86. The molecule has 2 aromatic rings. The van der Waals surface area contributed by atoms with Crippen LogP contribution in [0.4, 0.5) is 4.39 Å². The highest BCUT2D eigenvalue weighted by Crippen LogP contribution is 2.38. The molecule has 0 aliphatic heterocycles. The van der Waals surface area contributed by atoms with E-state index in [2.05, 4.69) is 39.5 Å². The minimum atomic E-state index is -0.449. The molecule has 0 atom stereocenters. The third kappa shape index (κ3) is 13.6. The van der Waals surface area contributed by atoms with E-state index < -0.39 is 5.82 Å². The number of halogens is 1. The first kappa shape index (κ1) is 42.6. The molecule has 9 heteroatoms. The van der Waals surface area contributed by atoms with Gasteiger partial charge in [-0.3, -0.25) is 14.5 Å². The molecule has 0 bridgehead atoms. The molecule has 0 unspecified atom stereocenters. The Morgan fingerprint density at radius 1 is 0.896 bits per heavy atom. The van der Waals surface area contributed by atoms with Crippen molar-refractivity contribution in [3.05, 3.63) is 51.8 Å². The molecule has 0 heterocycles. The molecule has 8 nitrogen and oxygen atoms in total. The van der Waals surface area contributed by atoms with Crippen molar-refractivity contribution in [2.75, 3.05) is 46.6 Å². The van der Waals surface area contributed by atoms with Gasteiger partial charge in [-0.15, -0.1) is 0 Å². The number of Topliss-reactive ketones (excluding diaryl/α,β-unsaturated/α-hetero) is 1. The zero-order chi connectivity index (χ0) is 36.4. The second-order valence-corrected chi connectivity index (χ2v) is 13.0. The lowest BCUT2D eigenvalue weighted by Crippen LogP contribution is -2.32. The lowest BCUT2D eigenvalue weighted by Gasteiger charge is -2.21. The predicted molar refractivity (Wildman–Crippen MR) is 193 cm³/mol. The summed E-state index contributed by atoms with van der Waals surface area (Å²) in [6, 6.07) is 5.72. The number of esters is 1. The van der Waals surface area contributed by atoms with Gasteiger partial charge in [0.25, 0.3) is 0 Å². The molecule has 0 saturated carbocycles. The van der Waals surface area contributed by atoms with Crippen molar-refractivity contribution in [3.8, 4) is 17.2 Å². The summed E-state index contributed by atoms with van der Waals surface area (Å²) in [5, 5.41) is 7.74. The van der Waals surface area contributed by atoms with Crippen LogP contribution in [0.2, 0.25) is 0 Å². The molecule has 0 amide bonds. The summed E-state index contributed by atoms with van der Waals surface area (Å²) in [5.74, 6) is 1.13. The molecule has 1 aliphatic rings. The number of rotatable bonds is 15. The molecular formula is C39H61FN2O6. The number of carbonyl (C=O) groups is 2. The van der Waals surface area contributed by atoms with Crippen LogP contribution in [0.3, 0.4) is 0 Å². The Balaban J connectivity index is 0.000000366. The number of ketones is 1. The van der Waals surface area contributed by atoms with E-state index >= 15 is 0 Å². The fourth-order valence-corrected chi connectivity index (χ4v) is 5.61. The zero-order valence-corrected chi connectivity index (χ0v) is 31.5. The molecule has 1 N–H and O–H groups in total. The van der Waals surface area contributed by atoms with Gasteiger partial charge in [-0.05, 0) is 113 Å². The number of ether oxygens (including phenoxy) is 4. The molecular weight excluding hydrogens is 611 g/mol. The van der Waals surface area contributed by atoms with Gasteiger partial charge in [0.1, 0.15) is 5.75 Å². The van der Waals surface area contributed by atoms with Crippen LogP contribution >= 0.6 is 0 Å². The Morgan fingerprint density at radius 2 is 1.52 bits per heavy atom. The van der Waals surface area contributed by atoms with E-state index in [0.717, 1.165) is 60.4 Å². The Kier molecular flexibility index (Phi) is 19.1. The van der Waals surface area contributed by atoms with Crippen molar-refractivity contribution >= 4 is 17.5 Å². The highest BCUT2D eigenvalue weighted by atomic mass is 19.1. The maximum absolute atomic E-state index is 14.2. The predicted octanol–water partition coefficient (Wildman–Crippen LogP) is 8.79. The van der Waals surface area contributed by atoms with Crippen molar-refractivity contribution in [2.24, 2.45) is 5.41 Å². The Hall–Kier alpha value is -3.46. The first-order valence-corrected chi connectivity index (χ1v) is 17.5. The number of benzene rings is 2. The summed E-state index contributed by atoms with van der Waals surface area (Å²) in [7, 11) is 1.69. The topological polar surface area (TPSA) is 98.2 Å². The number of hydrogen-bond donors (Lipinski definition) is 1. The first-order chi connectivity index (χ1) is 22.7. The second kappa shape index (κ2) is 21.5. The van der Waals surface area contributed by atoms with E-state index in [1.165, 1.54) is 0 Å². The summed E-state index contributed by atoms with van der Waals surface area (Å²) in [6.45, 7) is 23.9. The Bertz CT molecular complexity index is 1330. The average molecular weight is 673 g/mol. The van der Waals surface area contributed by atoms with Crippen LogP contribution in [0, 0.1) is 23.6 Å². The monoisotopic (exact) mass is 672 g/mol. The fraction of sp³-hybridized carbons (Fsp3) is 0.615. The van der Waals surface area contributed by atoms with Crippen LogP contribution in [0.1, 0.15) is 121 Å². The summed E-state index contributed by atoms with van der Waals surface area (Å²) < 4.78 is 35.3. The summed E-state index contributed by atoms with van der Waals surface area (Å²) in [5.41, 5.74) is 4.74. The zero-order valence-electron chi connectivity index (χ0n) is 31.5. The van der Waals surface area contributed by atoms with Gasteiger partial charge >= 0.3 is 5.97 Å². The van der Waals surface area contributed by atoms with Gasteiger partial charge in [0, 0.05) is 23.3 Å². The Labute approximate surface area is 289 Å². The summed E-state index contributed by atoms with van der Waals surface area (Å²) in [6.07, 6.45) is 4.91. The number of fused-ring (bicyclic) bond motifs is 1. The molecule has 0 aromatic heterocycles. The third-order valence-corrected chi connectivity index (χ3v) is 7.46. The maximum atomic E-state index is 14.2. The van der Waals surface area contributed by atoms with Gasteiger partial charge in [-0.25, -0.2) is 4.39 Å². The standard InChI is InChI=1S/C16H24O2.C13H16FNO2.C10H21NO2/c1-7-14(17)12-8-11(2)15(18-6)13(9-12)10-16(3,4)5;1-3-16-10-7-8-5-6-9(15)11(8)12(14)13(10)17-4-2;1-4-7-11(8-5-2)9-10(12)13-6-3/h8-9H,7,10H2,1-6H3;7,15H,3-6H2,1-2H3;4-9H2,1-3H3. The van der Waals surface area contributed by atoms with E-state index in [4.69, 9.17) is 24.4 Å². The molecule has 48 heavy (non-hydrogen) atoms. The van der Waals surface area contributed by atoms with E-state index in [-0.39, 0.29) is 22.9 Å². The van der Waals surface area contributed by atoms with Gasteiger partial charge in [0.05, 0.1) is 33.5 Å². The fourth-order valence-electron chi connectivity index (χ4n) is 5.61. The molecule has 0 radical (unpaired) electrons. The highest BCUT2D eigenvalue weighted by Gasteiger charge is 2.27. The number of nitrogens with zero attached hydrogens (tertiary/aromatic N) is 1. The molecule has 0 spiro atoms. The van der Waals surface area contributed by atoms with Crippen molar-refractivity contribution < 1.29 is 32.9 Å². The SMILES string of the molecule is CCC(=O)c1cc(C)c(OC)c(CC(C)(C)C)c1.CCCN(CCC)CC(=O)OCC.CCOc1cc2c(c(F)c1OCC)C(=N)CC2.